The first-order chi connectivity index (χ1) is 17.0. The molecule has 0 saturated carbocycles. The van der Waals surface area contributed by atoms with Crippen molar-refractivity contribution in [3.05, 3.63) is 111 Å². The molecule has 2 aromatic carbocycles. The summed E-state index contributed by atoms with van der Waals surface area (Å²) in [6.07, 6.45) is 5.90. The molecule has 2 N–H and O–H groups in total. The van der Waals surface area contributed by atoms with E-state index in [1.54, 1.807) is 42.2 Å². The van der Waals surface area contributed by atoms with Gasteiger partial charge in [0.15, 0.2) is 5.69 Å². The summed E-state index contributed by atoms with van der Waals surface area (Å²) in [5.41, 5.74) is 5.15. The van der Waals surface area contributed by atoms with Crippen LogP contribution in [0.15, 0.2) is 84.0 Å². The van der Waals surface area contributed by atoms with Crippen LogP contribution in [0.2, 0.25) is 5.02 Å². The Hall–Kier alpha value is -4.23. The molecule has 0 aliphatic carbocycles. The first kappa shape index (κ1) is 22.6. The molecule has 0 bridgehead atoms. The number of nitrogens with zero attached hydrogens (tertiary/aromatic N) is 3. The van der Waals surface area contributed by atoms with Gasteiger partial charge >= 0.3 is 0 Å². The number of fused-ring (bicyclic) bond motifs is 1. The largest absolute Gasteiger partial charge is 0.350 e. The van der Waals surface area contributed by atoms with Crippen LogP contribution in [0, 0.1) is 6.92 Å². The molecule has 0 atom stereocenters. The predicted octanol–water partition coefficient (Wildman–Crippen LogP) is 4.71. The number of carbonyl (C=O) groups is 1. The van der Waals surface area contributed by atoms with Crippen LogP contribution < -0.4 is 10.9 Å². The van der Waals surface area contributed by atoms with Gasteiger partial charge < -0.3 is 5.32 Å². The van der Waals surface area contributed by atoms with Crippen molar-refractivity contribution in [2.24, 2.45) is 0 Å². The number of hydrogen-bond donors (Lipinski definition) is 2. The number of H-pyrrole nitrogens is 1. The molecule has 8 heteroatoms. The number of aryl methyl sites for hydroxylation is 1. The molecule has 3 aromatic heterocycles. The van der Waals surface area contributed by atoms with Crippen LogP contribution in [0.3, 0.4) is 0 Å². The average molecular weight is 484 g/mol. The van der Waals surface area contributed by atoms with Gasteiger partial charge in [0.2, 0.25) is 0 Å². The van der Waals surface area contributed by atoms with Crippen molar-refractivity contribution in [1.29, 1.82) is 0 Å². The average Bonchev–Trinajstić information content (AvgIpc) is 3.30. The first-order valence-corrected chi connectivity index (χ1v) is 11.5. The molecule has 0 unspecified atom stereocenters. The second-order valence-electron chi connectivity index (χ2n) is 8.22. The Morgan fingerprint density at radius 2 is 1.91 bits per heavy atom. The van der Waals surface area contributed by atoms with E-state index >= 15 is 0 Å². The second kappa shape index (κ2) is 9.56. The van der Waals surface area contributed by atoms with Crippen LogP contribution in [0.5, 0.6) is 0 Å². The predicted molar refractivity (Wildman–Crippen MR) is 137 cm³/mol. The zero-order valence-electron chi connectivity index (χ0n) is 19.0. The molecule has 5 aromatic rings. The van der Waals surface area contributed by atoms with Crippen molar-refractivity contribution in [3.8, 4) is 16.8 Å². The van der Waals surface area contributed by atoms with Crippen LogP contribution in [0.1, 0.15) is 21.6 Å². The lowest BCUT2D eigenvalue weighted by atomic mass is 10.0. The third-order valence-electron chi connectivity index (χ3n) is 5.91. The molecular formula is C27H22ClN5O2. The summed E-state index contributed by atoms with van der Waals surface area (Å²) in [6, 6.07) is 18.7. The highest BCUT2D eigenvalue weighted by Gasteiger charge is 2.15. The Morgan fingerprint density at radius 1 is 1.09 bits per heavy atom. The molecule has 0 aliphatic heterocycles. The summed E-state index contributed by atoms with van der Waals surface area (Å²) in [5, 5.41) is 11.4. The third-order valence-corrected chi connectivity index (χ3v) is 6.22. The monoisotopic (exact) mass is 483 g/mol. The molecule has 174 valence electrons. The Balaban J connectivity index is 1.36. The molecule has 7 nitrogen and oxygen atoms in total. The minimum Gasteiger partial charge on any atom is -0.350 e. The van der Waals surface area contributed by atoms with Gasteiger partial charge in [-0.15, -0.1) is 0 Å². The van der Waals surface area contributed by atoms with Crippen LogP contribution >= 0.6 is 11.6 Å². The maximum atomic E-state index is 12.7. The highest BCUT2D eigenvalue weighted by atomic mass is 35.5. The summed E-state index contributed by atoms with van der Waals surface area (Å²) >= 11 is 6.61. The van der Waals surface area contributed by atoms with Gasteiger partial charge in [-0.3, -0.25) is 24.2 Å². The molecule has 0 fully saturated rings. The van der Waals surface area contributed by atoms with Crippen LogP contribution in [-0.2, 0) is 6.42 Å². The number of amides is 1. The van der Waals surface area contributed by atoms with Crippen LogP contribution in [0.25, 0.3) is 27.7 Å². The lowest BCUT2D eigenvalue weighted by Gasteiger charge is -2.10. The smallest absolute Gasteiger partial charge is 0.272 e. The van der Waals surface area contributed by atoms with E-state index in [2.05, 4.69) is 20.5 Å². The van der Waals surface area contributed by atoms with Gasteiger partial charge in [-0.05, 0) is 66.9 Å². The Bertz CT molecular complexity index is 1590. The molecule has 0 saturated heterocycles. The highest BCUT2D eigenvalue weighted by molar-refractivity contribution is 6.33. The SMILES string of the molecule is Cc1cccn(-c2ccc(-c3ccc4c(C(=O)NCCc5ccncc5)n[nH]c4c3)c(Cl)c2)c1=O. The number of aromatic nitrogens is 4. The van der Waals surface area contributed by atoms with Crippen molar-refractivity contribution in [3.63, 3.8) is 0 Å². The van der Waals surface area contributed by atoms with E-state index in [1.807, 2.05) is 48.5 Å². The summed E-state index contributed by atoms with van der Waals surface area (Å²) in [6.45, 7) is 2.28. The summed E-state index contributed by atoms with van der Waals surface area (Å²) in [4.78, 5) is 29.1. The Kier molecular flexibility index (Phi) is 6.16. The molecule has 3 heterocycles. The zero-order valence-corrected chi connectivity index (χ0v) is 19.7. The van der Waals surface area contributed by atoms with Gasteiger partial charge in [0, 0.05) is 41.6 Å². The Morgan fingerprint density at radius 3 is 2.71 bits per heavy atom. The zero-order chi connectivity index (χ0) is 24.4. The fourth-order valence-corrected chi connectivity index (χ4v) is 4.29. The van der Waals surface area contributed by atoms with Crippen LogP contribution in [0.4, 0.5) is 0 Å². The maximum Gasteiger partial charge on any atom is 0.272 e. The number of carbonyl (C=O) groups excluding carboxylic acids is 1. The fourth-order valence-electron chi connectivity index (χ4n) is 4.01. The normalized spacial score (nSPS) is 11.0. The molecule has 0 radical (unpaired) electrons. The number of nitrogens with one attached hydrogen (secondary N) is 2. The van der Waals surface area contributed by atoms with E-state index in [0.29, 0.717) is 34.9 Å². The van der Waals surface area contributed by atoms with E-state index < -0.39 is 0 Å². The molecule has 5 rings (SSSR count). The lowest BCUT2D eigenvalue weighted by molar-refractivity contribution is 0.0950. The van der Waals surface area contributed by atoms with Gasteiger partial charge in [0.25, 0.3) is 11.5 Å². The number of aromatic amines is 1. The Labute approximate surface area is 206 Å². The van der Waals surface area contributed by atoms with Gasteiger partial charge in [-0.1, -0.05) is 29.8 Å². The molecule has 0 spiro atoms. The number of rotatable bonds is 6. The third kappa shape index (κ3) is 4.58. The van der Waals surface area contributed by atoms with E-state index in [9.17, 15) is 9.59 Å². The van der Waals surface area contributed by atoms with E-state index in [1.165, 1.54) is 0 Å². The van der Waals surface area contributed by atoms with E-state index in [-0.39, 0.29) is 11.5 Å². The summed E-state index contributed by atoms with van der Waals surface area (Å²) < 4.78 is 1.57. The van der Waals surface area contributed by atoms with Gasteiger partial charge in [-0.25, -0.2) is 0 Å². The lowest BCUT2D eigenvalue weighted by Crippen LogP contribution is -2.26. The van der Waals surface area contributed by atoms with Gasteiger partial charge in [-0.2, -0.15) is 5.10 Å². The highest BCUT2D eigenvalue weighted by Crippen LogP contribution is 2.32. The van der Waals surface area contributed by atoms with Crippen molar-refractivity contribution >= 4 is 28.4 Å². The van der Waals surface area contributed by atoms with E-state index in [4.69, 9.17) is 11.6 Å². The minimum atomic E-state index is -0.232. The van der Waals surface area contributed by atoms with Crippen molar-refractivity contribution in [2.45, 2.75) is 13.3 Å². The molecule has 35 heavy (non-hydrogen) atoms. The van der Waals surface area contributed by atoms with Gasteiger partial charge in [0.05, 0.1) is 16.2 Å². The summed E-state index contributed by atoms with van der Waals surface area (Å²) in [5.74, 6) is -0.232. The first-order valence-electron chi connectivity index (χ1n) is 11.1. The number of hydrogen-bond acceptors (Lipinski definition) is 4. The minimum absolute atomic E-state index is 0.0817. The number of pyridine rings is 2. The molecule has 1 amide bonds. The molecule has 0 aliphatic rings. The molecular weight excluding hydrogens is 462 g/mol. The van der Waals surface area contributed by atoms with Crippen molar-refractivity contribution in [2.75, 3.05) is 6.54 Å². The van der Waals surface area contributed by atoms with E-state index in [0.717, 1.165) is 27.6 Å². The fraction of sp³-hybridized carbons (Fsp3) is 0.111. The quantitative estimate of drug-likeness (QED) is 0.366. The standard InChI is InChI=1S/C27H22ClN5O2/c1-17-3-2-14-33(27(17)35)20-5-7-21(23(28)16-20)19-4-6-22-24(15-19)31-32-25(22)26(34)30-13-10-18-8-11-29-12-9-18/h2-9,11-12,14-16H,10,13H2,1H3,(H,30,34)(H,31,32). The second-order valence-corrected chi connectivity index (χ2v) is 8.63. The number of benzene rings is 2. The van der Waals surface area contributed by atoms with Crippen molar-refractivity contribution < 1.29 is 4.79 Å². The maximum absolute atomic E-state index is 12.7. The van der Waals surface area contributed by atoms with Crippen molar-refractivity contribution in [1.82, 2.24) is 25.1 Å². The number of halogens is 1. The topological polar surface area (TPSA) is 92.7 Å². The van der Waals surface area contributed by atoms with Crippen LogP contribution in [-0.4, -0.2) is 32.2 Å². The summed E-state index contributed by atoms with van der Waals surface area (Å²) in [7, 11) is 0. The van der Waals surface area contributed by atoms with Gasteiger partial charge in [0.1, 0.15) is 0 Å².